The Morgan fingerprint density at radius 2 is 1.68 bits per heavy atom. The summed E-state index contributed by atoms with van der Waals surface area (Å²) < 4.78 is 0. The van der Waals surface area contributed by atoms with E-state index in [9.17, 15) is 34.8 Å². The number of phenols is 1. The lowest BCUT2D eigenvalue weighted by Crippen LogP contribution is -2.65. The molecule has 2 aromatic rings. The van der Waals surface area contributed by atoms with E-state index in [2.05, 4.69) is 0 Å². The van der Waals surface area contributed by atoms with E-state index in [0.29, 0.717) is 11.1 Å². The number of carbonyl (C=O) groups is 3. The Labute approximate surface area is 230 Å². The first-order chi connectivity index (χ1) is 18.7. The zero-order valence-corrected chi connectivity index (χ0v) is 22.6. The fourth-order valence-corrected chi connectivity index (χ4v) is 6.53. The van der Waals surface area contributed by atoms with Gasteiger partial charge in [0.15, 0.2) is 11.4 Å². The van der Waals surface area contributed by atoms with Gasteiger partial charge < -0.3 is 36.8 Å². The molecule has 2 aromatic carbocycles. The lowest BCUT2D eigenvalue weighted by molar-refractivity contribution is -0.153. The molecule has 0 spiro atoms. The summed E-state index contributed by atoms with van der Waals surface area (Å²) in [4.78, 5) is 42.8. The first-order valence-electron chi connectivity index (χ1n) is 12.8. The van der Waals surface area contributed by atoms with Gasteiger partial charge >= 0.3 is 0 Å². The van der Waals surface area contributed by atoms with Gasteiger partial charge in [-0.25, -0.2) is 0 Å². The molecule has 4 unspecified atom stereocenters. The second-order valence-corrected chi connectivity index (χ2v) is 11.1. The van der Waals surface area contributed by atoms with E-state index in [1.807, 2.05) is 43.3 Å². The van der Waals surface area contributed by atoms with Gasteiger partial charge in [-0.05, 0) is 67.7 Å². The van der Waals surface area contributed by atoms with E-state index in [-0.39, 0.29) is 29.7 Å². The van der Waals surface area contributed by atoms with Crippen molar-refractivity contribution >= 4 is 34.6 Å². The number of nitrogens with zero attached hydrogens (tertiary/aromatic N) is 2. The summed E-state index contributed by atoms with van der Waals surface area (Å²) in [6.07, 6.45) is 0.184. The van der Waals surface area contributed by atoms with Crippen LogP contribution in [0.15, 0.2) is 47.2 Å². The summed E-state index contributed by atoms with van der Waals surface area (Å²) in [7, 11) is 6.95. The number of hydrogen-bond acceptors (Lipinski definition) is 10. The highest BCUT2D eigenvalue weighted by molar-refractivity contribution is 6.24. The van der Waals surface area contributed by atoms with Gasteiger partial charge in [-0.1, -0.05) is 12.1 Å². The number of Topliss-reactive ketones (excluding diaryl/α,β-unsaturated/α-hetero) is 2. The molecule has 4 atom stereocenters. The van der Waals surface area contributed by atoms with Crippen molar-refractivity contribution in [1.29, 1.82) is 0 Å². The van der Waals surface area contributed by atoms with Crippen LogP contribution in [-0.4, -0.2) is 82.6 Å². The minimum absolute atomic E-state index is 0.00983. The first-order valence-corrected chi connectivity index (χ1v) is 12.8. The number of carbonyl (C=O) groups excluding carboxylic acids is 3. The molecular formula is C29H32N4O7. The second-order valence-electron chi connectivity index (χ2n) is 11.1. The van der Waals surface area contributed by atoms with Crippen LogP contribution in [0.2, 0.25) is 0 Å². The van der Waals surface area contributed by atoms with Gasteiger partial charge in [0.1, 0.15) is 22.8 Å². The van der Waals surface area contributed by atoms with E-state index < -0.39 is 63.8 Å². The normalized spacial score (nSPS) is 26.0. The number of primary amides is 1. The minimum Gasteiger partial charge on any atom is -0.508 e. The van der Waals surface area contributed by atoms with Crippen LogP contribution in [0.3, 0.4) is 0 Å². The van der Waals surface area contributed by atoms with Crippen LogP contribution < -0.4 is 16.4 Å². The topological polar surface area (TPSA) is 191 Å². The number of likely N-dealkylation sites (N-methyl/N-ethyl adjacent to an activating group) is 1. The third-order valence-electron chi connectivity index (χ3n) is 8.44. The standard InChI is InChI=1S/C29H32N4O7/c1-32(2)14-7-5-12(6-8-14)15-11-18(30)23(34)20-16(15)9-13-10-17-22(33(3)4)25(36)21(28(31)39)27(38)29(17,40)26(37)19(13)24(20)35/h5-8,11,13,17,22,34-35,38,40H,9-10,30H2,1-4H3,(H2,31,39). The van der Waals surface area contributed by atoms with Gasteiger partial charge in [0.05, 0.1) is 17.3 Å². The molecule has 3 aliphatic rings. The molecular weight excluding hydrogens is 516 g/mol. The number of phenolic OH excluding ortho intramolecular Hbond substituents is 1. The fraction of sp³-hybridized carbons (Fsp3) is 0.345. The number of aliphatic hydroxyl groups excluding tert-OH is 2. The van der Waals surface area contributed by atoms with Crippen molar-refractivity contribution in [1.82, 2.24) is 4.90 Å². The molecule has 1 fully saturated rings. The summed E-state index contributed by atoms with van der Waals surface area (Å²) >= 11 is 0. The van der Waals surface area contributed by atoms with E-state index in [4.69, 9.17) is 11.5 Å². The molecule has 0 saturated heterocycles. The van der Waals surface area contributed by atoms with E-state index in [1.165, 1.54) is 4.90 Å². The summed E-state index contributed by atoms with van der Waals surface area (Å²) in [5, 5.41) is 45.1. The van der Waals surface area contributed by atoms with Crippen molar-refractivity contribution in [2.45, 2.75) is 24.5 Å². The highest BCUT2D eigenvalue weighted by atomic mass is 16.3. The maximum absolute atomic E-state index is 14.0. The molecule has 210 valence electrons. The second kappa shape index (κ2) is 9.10. The zero-order chi connectivity index (χ0) is 29.4. The molecule has 1 saturated carbocycles. The predicted octanol–water partition coefficient (Wildman–Crippen LogP) is 1.28. The Kier molecular flexibility index (Phi) is 6.20. The SMILES string of the molecule is CN(C)c1ccc(-c2cc(N)c(O)c3c2CC2CC4C(N(C)C)C(=O)C(C(N)=O)=C(O)C4(O)C(=O)C2=C3O)cc1. The van der Waals surface area contributed by atoms with Crippen molar-refractivity contribution in [2.24, 2.45) is 17.6 Å². The number of hydrogen-bond donors (Lipinski definition) is 6. The molecule has 0 heterocycles. The van der Waals surface area contributed by atoms with Gasteiger partial charge in [0.25, 0.3) is 5.91 Å². The highest BCUT2D eigenvalue weighted by Crippen LogP contribution is 2.54. The number of benzene rings is 2. The molecule has 5 rings (SSSR count). The molecule has 0 radical (unpaired) electrons. The number of nitrogen functional groups attached to an aromatic ring is 1. The maximum atomic E-state index is 14.0. The number of aromatic hydroxyl groups is 1. The maximum Gasteiger partial charge on any atom is 0.255 e. The van der Waals surface area contributed by atoms with E-state index >= 15 is 0 Å². The first kappa shape index (κ1) is 27.2. The van der Waals surface area contributed by atoms with Crippen molar-refractivity contribution in [2.75, 3.05) is 38.8 Å². The number of nitrogens with two attached hydrogens (primary N) is 2. The molecule has 11 heteroatoms. The quantitative estimate of drug-likeness (QED) is 0.184. The van der Waals surface area contributed by atoms with Gasteiger partial charge in [0, 0.05) is 31.3 Å². The van der Waals surface area contributed by atoms with Crippen LogP contribution in [0, 0.1) is 11.8 Å². The number of amides is 1. The van der Waals surface area contributed by atoms with Crippen LogP contribution in [0.25, 0.3) is 16.9 Å². The van der Waals surface area contributed by atoms with E-state index in [0.717, 1.165) is 11.3 Å². The highest BCUT2D eigenvalue weighted by Gasteiger charge is 2.64. The molecule has 0 bridgehead atoms. The van der Waals surface area contributed by atoms with Crippen molar-refractivity contribution < 1.29 is 34.8 Å². The third kappa shape index (κ3) is 3.61. The number of aliphatic hydroxyl groups is 3. The van der Waals surface area contributed by atoms with Gasteiger partial charge in [0.2, 0.25) is 5.78 Å². The third-order valence-corrected chi connectivity index (χ3v) is 8.44. The summed E-state index contributed by atoms with van der Waals surface area (Å²) in [6.45, 7) is 0. The van der Waals surface area contributed by atoms with Crippen LogP contribution in [-0.2, 0) is 20.8 Å². The monoisotopic (exact) mass is 548 g/mol. The van der Waals surface area contributed by atoms with Crippen LogP contribution in [0.4, 0.5) is 11.4 Å². The summed E-state index contributed by atoms with van der Waals surface area (Å²) in [5.41, 5.74) is 10.6. The smallest absolute Gasteiger partial charge is 0.255 e. The average Bonchev–Trinajstić information content (AvgIpc) is 2.88. The van der Waals surface area contributed by atoms with Gasteiger partial charge in [-0.2, -0.15) is 0 Å². The minimum atomic E-state index is -2.69. The van der Waals surface area contributed by atoms with Crippen LogP contribution >= 0.6 is 0 Å². The Hall–Kier alpha value is -4.35. The number of anilines is 2. The Morgan fingerprint density at radius 3 is 2.23 bits per heavy atom. The largest absolute Gasteiger partial charge is 0.508 e. The van der Waals surface area contributed by atoms with Crippen molar-refractivity contribution in [3.63, 3.8) is 0 Å². The Balaban J connectivity index is 1.73. The molecule has 8 N–H and O–H groups in total. The van der Waals surface area contributed by atoms with E-state index in [1.54, 1.807) is 20.2 Å². The van der Waals surface area contributed by atoms with Gasteiger partial charge in [-0.15, -0.1) is 0 Å². The lowest BCUT2D eigenvalue weighted by Gasteiger charge is -2.50. The molecule has 3 aliphatic carbocycles. The summed E-state index contributed by atoms with van der Waals surface area (Å²) in [6, 6.07) is 8.07. The Morgan fingerprint density at radius 1 is 1.05 bits per heavy atom. The zero-order valence-electron chi connectivity index (χ0n) is 22.6. The molecule has 0 aromatic heterocycles. The fourth-order valence-electron chi connectivity index (χ4n) is 6.53. The Bertz CT molecular complexity index is 1540. The lowest BCUT2D eigenvalue weighted by atomic mass is 9.57. The number of ketones is 2. The summed E-state index contributed by atoms with van der Waals surface area (Å²) in [5.74, 6) is -7.07. The molecule has 1 amide bonds. The van der Waals surface area contributed by atoms with Gasteiger partial charge in [-0.3, -0.25) is 19.3 Å². The predicted molar refractivity (Wildman–Crippen MR) is 148 cm³/mol. The number of fused-ring (bicyclic) bond motifs is 3. The average molecular weight is 549 g/mol. The number of rotatable bonds is 4. The molecule has 11 nitrogen and oxygen atoms in total. The van der Waals surface area contributed by atoms with Crippen molar-refractivity contribution in [3.8, 4) is 16.9 Å². The van der Waals surface area contributed by atoms with Crippen molar-refractivity contribution in [3.05, 3.63) is 58.4 Å². The van der Waals surface area contributed by atoms with Crippen LogP contribution in [0.5, 0.6) is 5.75 Å². The molecule has 40 heavy (non-hydrogen) atoms. The molecule has 0 aliphatic heterocycles. The van der Waals surface area contributed by atoms with Crippen LogP contribution in [0.1, 0.15) is 17.5 Å².